The van der Waals surface area contributed by atoms with Gasteiger partial charge in [-0.1, -0.05) is 30.3 Å². The molecular formula is C33H34F2N4O3. The second kappa shape index (κ2) is 13.0. The highest BCUT2D eigenvalue weighted by atomic mass is 19.2. The van der Waals surface area contributed by atoms with Gasteiger partial charge in [0.05, 0.1) is 18.5 Å². The van der Waals surface area contributed by atoms with Gasteiger partial charge < -0.3 is 19.1 Å². The molecule has 0 bridgehead atoms. The van der Waals surface area contributed by atoms with Crippen LogP contribution in [-0.4, -0.2) is 59.5 Å². The van der Waals surface area contributed by atoms with Gasteiger partial charge in [-0.2, -0.15) is 0 Å². The minimum Gasteiger partial charge on any atom is -0.495 e. The molecule has 0 fully saturated rings. The SMILES string of the molecule is COc1ccc(C(=O)N2CCN(Cc3ccccc3)CCCN(C(C)=O)c3cc(F)c(F)cc3C2)cc1-n1cccc1. The van der Waals surface area contributed by atoms with Gasteiger partial charge in [0, 0.05) is 70.2 Å². The van der Waals surface area contributed by atoms with Crippen LogP contribution in [-0.2, 0) is 17.9 Å². The molecule has 5 rings (SSSR count). The highest BCUT2D eigenvalue weighted by Crippen LogP contribution is 2.29. The van der Waals surface area contributed by atoms with Crippen molar-refractivity contribution in [3.63, 3.8) is 0 Å². The molecule has 9 heteroatoms. The van der Waals surface area contributed by atoms with Gasteiger partial charge in [0.15, 0.2) is 11.6 Å². The molecular weight excluding hydrogens is 538 g/mol. The first kappa shape index (κ1) is 29.0. The second-order valence-electron chi connectivity index (χ2n) is 10.4. The lowest BCUT2D eigenvalue weighted by atomic mass is 10.1. The van der Waals surface area contributed by atoms with Crippen molar-refractivity contribution in [3.05, 3.63) is 114 Å². The summed E-state index contributed by atoms with van der Waals surface area (Å²) in [6.07, 6.45) is 4.35. The number of benzene rings is 3. The number of hydrogen-bond acceptors (Lipinski definition) is 4. The van der Waals surface area contributed by atoms with E-state index < -0.39 is 11.6 Å². The summed E-state index contributed by atoms with van der Waals surface area (Å²) in [4.78, 5) is 32.2. The molecule has 0 aliphatic carbocycles. The van der Waals surface area contributed by atoms with Gasteiger partial charge in [-0.05, 0) is 53.9 Å². The Kier molecular flexibility index (Phi) is 8.97. The first-order valence-electron chi connectivity index (χ1n) is 14.0. The number of carbonyl (C=O) groups is 2. The normalized spacial score (nSPS) is 14.7. The van der Waals surface area contributed by atoms with E-state index in [-0.39, 0.29) is 24.0 Å². The average Bonchev–Trinajstić information content (AvgIpc) is 3.52. The number of rotatable bonds is 5. The van der Waals surface area contributed by atoms with Crippen molar-refractivity contribution < 1.29 is 23.1 Å². The number of halogens is 2. The molecule has 0 saturated carbocycles. The van der Waals surface area contributed by atoms with Crippen molar-refractivity contribution in [2.75, 3.05) is 38.2 Å². The molecule has 4 aromatic rings. The van der Waals surface area contributed by atoms with Crippen LogP contribution in [0.5, 0.6) is 5.75 Å². The van der Waals surface area contributed by atoms with Crippen LogP contribution in [0.25, 0.3) is 5.69 Å². The Labute approximate surface area is 244 Å². The first-order chi connectivity index (χ1) is 20.3. The number of fused-ring (bicyclic) bond motifs is 1. The maximum atomic E-state index is 14.6. The third-order valence-corrected chi connectivity index (χ3v) is 7.54. The van der Waals surface area contributed by atoms with Crippen molar-refractivity contribution in [1.82, 2.24) is 14.4 Å². The highest BCUT2D eigenvalue weighted by Gasteiger charge is 2.25. The lowest BCUT2D eigenvalue weighted by molar-refractivity contribution is -0.116. The molecule has 1 aromatic heterocycles. The van der Waals surface area contributed by atoms with Crippen LogP contribution in [0.4, 0.5) is 14.5 Å². The second-order valence-corrected chi connectivity index (χ2v) is 10.4. The van der Waals surface area contributed by atoms with E-state index >= 15 is 0 Å². The van der Waals surface area contributed by atoms with E-state index in [1.807, 2.05) is 47.3 Å². The molecule has 1 aliphatic rings. The zero-order valence-electron chi connectivity index (χ0n) is 23.8. The Balaban J connectivity index is 1.54. The molecule has 218 valence electrons. The summed E-state index contributed by atoms with van der Waals surface area (Å²) in [6, 6.07) is 21.2. The van der Waals surface area contributed by atoms with E-state index in [1.54, 1.807) is 30.2 Å². The molecule has 1 aliphatic heterocycles. The fraction of sp³-hybridized carbons (Fsp3) is 0.273. The molecule has 42 heavy (non-hydrogen) atoms. The smallest absolute Gasteiger partial charge is 0.254 e. The van der Waals surface area contributed by atoms with Crippen LogP contribution in [0, 0.1) is 11.6 Å². The predicted molar refractivity (Wildman–Crippen MR) is 158 cm³/mol. The van der Waals surface area contributed by atoms with Gasteiger partial charge in [0.2, 0.25) is 5.91 Å². The zero-order valence-corrected chi connectivity index (χ0v) is 23.8. The lowest BCUT2D eigenvalue weighted by Gasteiger charge is -2.28. The minimum absolute atomic E-state index is 0.000788. The molecule has 0 atom stereocenters. The van der Waals surface area contributed by atoms with Crippen LogP contribution in [0.1, 0.15) is 34.8 Å². The van der Waals surface area contributed by atoms with Crippen molar-refractivity contribution in [3.8, 4) is 11.4 Å². The molecule has 0 saturated heterocycles. The lowest BCUT2D eigenvalue weighted by Crippen LogP contribution is -2.38. The Morgan fingerprint density at radius 3 is 2.29 bits per heavy atom. The number of anilines is 1. The van der Waals surface area contributed by atoms with Crippen molar-refractivity contribution in [2.24, 2.45) is 0 Å². The summed E-state index contributed by atoms with van der Waals surface area (Å²) in [5.74, 6) is -2.00. The minimum atomic E-state index is -1.04. The van der Waals surface area contributed by atoms with Gasteiger partial charge in [-0.3, -0.25) is 14.5 Å². The highest BCUT2D eigenvalue weighted by molar-refractivity contribution is 5.96. The van der Waals surface area contributed by atoms with Gasteiger partial charge in [0.1, 0.15) is 5.75 Å². The summed E-state index contributed by atoms with van der Waals surface area (Å²) in [7, 11) is 1.57. The van der Waals surface area contributed by atoms with Crippen LogP contribution >= 0.6 is 0 Å². The average molecular weight is 573 g/mol. The summed E-state index contributed by atoms with van der Waals surface area (Å²) in [5, 5.41) is 0. The van der Waals surface area contributed by atoms with E-state index in [0.29, 0.717) is 61.7 Å². The Morgan fingerprint density at radius 2 is 1.57 bits per heavy atom. The van der Waals surface area contributed by atoms with E-state index in [4.69, 9.17) is 4.74 Å². The molecule has 0 radical (unpaired) electrons. The van der Waals surface area contributed by atoms with Gasteiger partial charge >= 0.3 is 0 Å². The number of amides is 2. The van der Waals surface area contributed by atoms with E-state index in [9.17, 15) is 18.4 Å². The van der Waals surface area contributed by atoms with Crippen LogP contribution in [0.2, 0.25) is 0 Å². The third kappa shape index (κ3) is 6.52. The van der Waals surface area contributed by atoms with Crippen molar-refractivity contribution in [1.29, 1.82) is 0 Å². The summed E-state index contributed by atoms with van der Waals surface area (Å²) < 4.78 is 36.5. The van der Waals surface area contributed by atoms with E-state index in [2.05, 4.69) is 17.0 Å². The first-order valence-corrected chi connectivity index (χ1v) is 14.0. The summed E-state index contributed by atoms with van der Waals surface area (Å²) in [6.45, 7) is 3.97. The maximum Gasteiger partial charge on any atom is 0.254 e. The standard InChI is InChI=1S/C33H34F2N4O3/c1-24(40)39-16-8-13-36(22-25-9-4-3-5-10-25)17-18-38(23-27-19-28(34)29(35)21-30(27)39)33(41)26-11-12-32(42-2)31(20-26)37-14-6-7-15-37/h3-7,9-12,14-15,19-21H,8,13,16-18,22-23H2,1-2H3. The molecule has 0 unspecified atom stereocenters. The van der Waals surface area contributed by atoms with Crippen molar-refractivity contribution in [2.45, 2.75) is 26.4 Å². The number of ether oxygens (including phenoxy) is 1. The molecule has 3 aromatic carbocycles. The van der Waals surface area contributed by atoms with E-state index in [1.165, 1.54) is 11.8 Å². The summed E-state index contributed by atoms with van der Waals surface area (Å²) >= 11 is 0. The summed E-state index contributed by atoms with van der Waals surface area (Å²) in [5.41, 5.74) is 2.91. The van der Waals surface area contributed by atoms with Crippen molar-refractivity contribution >= 4 is 17.5 Å². The van der Waals surface area contributed by atoms with Gasteiger partial charge in [0.25, 0.3) is 5.91 Å². The maximum absolute atomic E-state index is 14.6. The molecule has 2 amide bonds. The Hall–Kier alpha value is -4.50. The number of aromatic nitrogens is 1. The van der Waals surface area contributed by atoms with Crippen LogP contribution in [0.3, 0.4) is 0 Å². The molecule has 0 spiro atoms. The van der Waals surface area contributed by atoms with Crippen LogP contribution in [0.15, 0.2) is 85.2 Å². The topological polar surface area (TPSA) is 58.0 Å². The Morgan fingerprint density at radius 1 is 0.833 bits per heavy atom. The zero-order chi connectivity index (χ0) is 29.6. The fourth-order valence-electron chi connectivity index (χ4n) is 5.39. The number of hydrogen-bond donors (Lipinski definition) is 0. The molecule has 2 heterocycles. The third-order valence-electron chi connectivity index (χ3n) is 7.54. The largest absolute Gasteiger partial charge is 0.495 e. The number of nitrogens with zero attached hydrogens (tertiary/aromatic N) is 4. The van der Waals surface area contributed by atoms with Crippen LogP contribution < -0.4 is 9.64 Å². The monoisotopic (exact) mass is 572 g/mol. The quantitative estimate of drug-likeness (QED) is 0.310. The van der Waals surface area contributed by atoms with E-state index in [0.717, 1.165) is 17.7 Å². The van der Waals surface area contributed by atoms with Gasteiger partial charge in [-0.25, -0.2) is 8.78 Å². The molecule has 0 N–H and O–H groups in total. The Bertz CT molecular complexity index is 1540. The number of methoxy groups -OCH3 is 1. The molecule has 7 nitrogen and oxygen atoms in total. The van der Waals surface area contributed by atoms with Gasteiger partial charge in [-0.15, -0.1) is 0 Å². The number of carbonyl (C=O) groups excluding carboxylic acids is 2. The predicted octanol–water partition coefficient (Wildman–Crippen LogP) is 5.67. The fourth-order valence-corrected chi connectivity index (χ4v) is 5.39.